The fourth-order valence-electron chi connectivity index (χ4n) is 2.15. The predicted molar refractivity (Wildman–Crippen MR) is 66.2 cm³/mol. The quantitative estimate of drug-likeness (QED) is 0.621. The van der Waals surface area contributed by atoms with Gasteiger partial charge in [0.05, 0.1) is 0 Å². The number of hydrogen-bond acceptors (Lipinski definition) is 6. The van der Waals surface area contributed by atoms with Crippen molar-refractivity contribution in [1.82, 2.24) is 0 Å². The fourth-order valence-corrected chi connectivity index (χ4v) is 3.94. The summed E-state index contributed by atoms with van der Waals surface area (Å²) in [7, 11) is -10.1. The zero-order valence-electron chi connectivity index (χ0n) is 9.79. The molecule has 1 aliphatic rings. The van der Waals surface area contributed by atoms with Gasteiger partial charge in [-0.3, -0.25) is 13.9 Å². The third-order valence-electron chi connectivity index (χ3n) is 3.15. The van der Waals surface area contributed by atoms with E-state index in [1.165, 1.54) is 12.1 Å². The zero-order valence-corrected chi connectivity index (χ0v) is 11.4. The molecule has 0 radical (unpaired) electrons. The van der Waals surface area contributed by atoms with Gasteiger partial charge in [0, 0.05) is 17.5 Å². The largest absolute Gasteiger partial charge is 0.369 e. The lowest BCUT2D eigenvalue weighted by atomic mass is 9.87. The van der Waals surface area contributed by atoms with Crippen LogP contribution in [0.4, 0.5) is 0 Å². The minimum absolute atomic E-state index is 0.387. The van der Waals surface area contributed by atoms with Crippen molar-refractivity contribution in [2.45, 2.75) is 16.6 Å². The second-order valence-electron chi connectivity index (χ2n) is 4.38. The molecule has 3 N–H and O–H groups in total. The van der Waals surface area contributed by atoms with E-state index in [1.807, 2.05) is 0 Å². The van der Waals surface area contributed by atoms with Crippen LogP contribution in [0.5, 0.6) is 0 Å². The van der Waals surface area contributed by atoms with Crippen LogP contribution < -0.4 is 0 Å². The Morgan fingerprint density at radius 1 is 1.10 bits per heavy atom. The molecule has 0 bridgehead atoms. The molecule has 10 heteroatoms. The summed E-state index contributed by atoms with van der Waals surface area (Å²) in [5, 5.41) is 7.98. The molecule has 2 atom stereocenters. The van der Waals surface area contributed by atoms with Gasteiger partial charge in [0.1, 0.15) is 0 Å². The average molecular weight is 322 g/mol. The zero-order chi connectivity index (χ0) is 15.3. The number of benzene rings is 1. The van der Waals surface area contributed by atoms with Crippen LogP contribution in [-0.2, 0) is 25.2 Å². The van der Waals surface area contributed by atoms with E-state index in [4.69, 9.17) is 9.11 Å². The van der Waals surface area contributed by atoms with Crippen LogP contribution >= 0.6 is 0 Å². The Bertz CT molecular complexity index is 779. The first kappa shape index (κ1) is 15.1. The molecule has 0 spiro atoms. The SMILES string of the molecule is O=C1c2ccccc2C(O)(S(=O)(=O)O)CC1S(=O)(=O)O. The number of aliphatic hydroxyl groups is 1. The van der Waals surface area contributed by atoms with Gasteiger partial charge < -0.3 is 5.11 Å². The molecule has 8 nitrogen and oxygen atoms in total. The highest BCUT2D eigenvalue weighted by molar-refractivity contribution is 7.88. The number of carbonyl (C=O) groups excluding carboxylic acids is 1. The maximum Gasteiger partial charge on any atom is 0.299 e. The van der Waals surface area contributed by atoms with E-state index in [2.05, 4.69) is 0 Å². The smallest absolute Gasteiger partial charge is 0.299 e. The Hall–Kier alpha value is -1.33. The van der Waals surface area contributed by atoms with E-state index in [9.17, 15) is 26.7 Å². The summed E-state index contributed by atoms with van der Waals surface area (Å²) < 4.78 is 63.2. The van der Waals surface area contributed by atoms with Crippen molar-refractivity contribution in [2.75, 3.05) is 0 Å². The Labute approximate surface area is 114 Å². The van der Waals surface area contributed by atoms with E-state index < -0.39 is 48.2 Å². The van der Waals surface area contributed by atoms with Crippen molar-refractivity contribution in [2.24, 2.45) is 0 Å². The Morgan fingerprint density at radius 2 is 1.65 bits per heavy atom. The van der Waals surface area contributed by atoms with Gasteiger partial charge in [-0.2, -0.15) is 16.8 Å². The van der Waals surface area contributed by atoms with Crippen LogP contribution in [0.25, 0.3) is 0 Å². The second kappa shape index (κ2) is 4.33. The van der Waals surface area contributed by atoms with Gasteiger partial charge >= 0.3 is 0 Å². The highest BCUT2D eigenvalue weighted by Crippen LogP contribution is 2.40. The molecule has 2 rings (SSSR count). The van der Waals surface area contributed by atoms with Crippen molar-refractivity contribution < 1.29 is 35.8 Å². The predicted octanol–water partition coefficient (Wildman–Crippen LogP) is -0.438. The molecule has 0 aliphatic heterocycles. The lowest BCUT2D eigenvalue weighted by Gasteiger charge is -2.33. The minimum Gasteiger partial charge on any atom is -0.369 e. The molecule has 0 aromatic heterocycles. The van der Waals surface area contributed by atoms with Crippen LogP contribution in [0.15, 0.2) is 24.3 Å². The molecular formula is C10H10O8S2. The number of fused-ring (bicyclic) bond motifs is 1. The highest BCUT2D eigenvalue weighted by atomic mass is 32.2. The molecule has 0 heterocycles. The molecule has 0 fully saturated rings. The second-order valence-corrected chi connectivity index (χ2v) is 7.60. The van der Waals surface area contributed by atoms with Crippen molar-refractivity contribution in [3.8, 4) is 0 Å². The van der Waals surface area contributed by atoms with Gasteiger partial charge in [-0.15, -0.1) is 0 Å². The standard InChI is InChI=1S/C10H10O8S2/c11-9-6-3-1-2-4-7(6)10(12,20(16,17)18)5-8(9)19(13,14)15/h1-4,8,12H,5H2,(H,13,14,15)(H,16,17,18). The summed E-state index contributed by atoms with van der Waals surface area (Å²) >= 11 is 0. The van der Waals surface area contributed by atoms with E-state index in [0.29, 0.717) is 0 Å². The normalized spacial score (nSPS) is 27.1. The molecule has 2 unspecified atom stereocenters. The first-order valence-corrected chi connectivity index (χ1v) is 8.22. The van der Waals surface area contributed by atoms with Crippen LogP contribution in [0.3, 0.4) is 0 Å². The third-order valence-corrected chi connectivity index (χ3v) is 5.49. The van der Waals surface area contributed by atoms with Crippen LogP contribution in [-0.4, -0.2) is 42.1 Å². The summed E-state index contributed by atoms with van der Waals surface area (Å²) in [6.45, 7) is 0. The summed E-state index contributed by atoms with van der Waals surface area (Å²) in [5.74, 6) is -1.04. The Morgan fingerprint density at radius 3 is 2.15 bits per heavy atom. The number of carbonyl (C=O) groups is 1. The van der Waals surface area contributed by atoms with Gasteiger partial charge in [-0.05, 0) is 0 Å². The first-order valence-electron chi connectivity index (χ1n) is 5.28. The van der Waals surface area contributed by atoms with Gasteiger partial charge in [0.2, 0.25) is 4.93 Å². The third kappa shape index (κ3) is 2.15. The minimum atomic E-state index is -5.13. The van der Waals surface area contributed by atoms with Crippen LogP contribution in [0.2, 0.25) is 0 Å². The lowest BCUT2D eigenvalue weighted by Crippen LogP contribution is -2.48. The average Bonchev–Trinajstić information content (AvgIpc) is 2.31. The first-order chi connectivity index (χ1) is 8.98. The molecule has 0 saturated heterocycles. The van der Waals surface area contributed by atoms with Crippen LogP contribution in [0, 0.1) is 0 Å². The molecule has 0 amide bonds. The van der Waals surface area contributed by atoms with E-state index in [-0.39, 0.29) is 5.56 Å². The Balaban J connectivity index is 2.81. The van der Waals surface area contributed by atoms with E-state index >= 15 is 0 Å². The number of ketones is 1. The van der Waals surface area contributed by atoms with E-state index in [0.717, 1.165) is 12.1 Å². The fraction of sp³-hybridized carbons (Fsp3) is 0.300. The lowest BCUT2D eigenvalue weighted by molar-refractivity contribution is 0.0750. The number of hydrogen-bond donors (Lipinski definition) is 3. The van der Waals surface area contributed by atoms with Gasteiger partial charge in [-0.25, -0.2) is 0 Å². The summed E-state index contributed by atoms with van der Waals surface area (Å²) in [6, 6.07) is 4.83. The number of rotatable bonds is 2. The molecule has 0 saturated carbocycles. The van der Waals surface area contributed by atoms with Crippen molar-refractivity contribution in [1.29, 1.82) is 0 Å². The van der Waals surface area contributed by atoms with Crippen molar-refractivity contribution in [3.05, 3.63) is 35.4 Å². The van der Waals surface area contributed by atoms with Crippen LogP contribution in [0.1, 0.15) is 22.3 Å². The van der Waals surface area contributed by atoms with Crippen molar-refractivity contribution in [3.63, 3.8) is 0 Å². The Kier molecular flexibility index (Phi) is 3.26. The van der Waals surface area contributed by atoms with Crippen molar-refractivity contribution >= 4 is 26.0 Å². The maximum atomic E-state index is 12.0. The molecule has 20 heavy (non-hydrogen) atoms. The molecule has 1 aliphatic carbocycles. The van der Waals surface area contributed by atoms with Gasteiger partial charge in [-0.1, -0.05) is 24.3 Å². The van der Waals surface area contributed by atoms with Gasteiger partial charge in [0.15, 0.2) is 11.0 Å². The monoisotopic (exact) mass is 322 g/mol. The summed E-state index contributed by atoms with van der Waals surface area (Å²) in [5.41, 5.74) is -0.811. The summed E-state index contributed by atoms with van der Waals surface area (Å²) in [4.78, 5) is 8.98. The van der Waals surface area contributed by atoms with E-state index in [1.54, 1.807) is 0 Å². The topological polar surface area (TPSA) is 146 Å². The van der Waals surface area contributed by atoms with Gasteiger partial charge in [0.25, 0.3) is 20.2 Å². The molecule has 110 valence electrons. The molecule has 1 aromatic carbocycles. The molecular weight excluding hydrogens is 312 g/mol. The maximum absolute atomic E-state index is 12.0. The highest BCUT2D eigenvalue weighted by Gasteiger charge is 2.54. The summed E-state index contributed by atoms with van der Waals surface area (Å²) in [6.07, 6.45) is -1.18. The number of Topliss-reactive ketones (excluding diaryl/α,β-unsaturated/α-hetero) is 1. The molecule has 1 aromatic rings.